The third-order valence-corrected chi connectivity index (χ3v) is 5.56. The molecule has 5 rings (SSSR count). The molecule has 2 amide bonds. The van der Waals surface area contributed by atoms with Crippen molar-refractivity contribution < 1.29 is 9.59 Å². The van der Waals surface area contributed by atoms with Gasteiger partial charge in [-0.25, -0.2) is 4.98 Å². The molecule has 1 aliphatic rings. The summed E-state index contributed by atoms with van der Waals surface area (Å²) in [6, 6.07) is 13.7. The minimum Gasteiger partial charge on any atom is -0.361 e. The summed E-state index contributed by atoms with van der Waals surface area (Å²) < 4.78 is 0. The Kier molecular flexibility index (Phi) is 3.95. The van der Waals surface area contributed by atoms with Gasteiger partial charge in [-0.3, -0.25) is 9.59 Å². The van der Waals surface area contributed by atoms with Crippen molar-refractivity contribution in [2.75, 3.05) is 10.6 Å². The summed E-state index contributed by atoms with van der Waals surface area (Å²) in [7, 11) is 0. The molecular weight excluding hydrogens is 372 g/mol. The summed E-state index contributed by atoms with van der Waals surface area (Å²) >= 11 is 1.39. The van der Waals surface area contributed by atoms with Gasteiger partial charge in [-0.15, -0.1) is 11.3 Å². The van der Waals surface area contributed by atoms with Crippen LogP contribution in [0.5, 0.6) is 0 Å². The minimum atomic E-state index is -0.102. The zero-order chi connectivity index (χ0) is 19.1. The van der Waals surface area contributed by atoms with Crippen molar-refractivity contribution in [3.05, 3.63) is 65.2 Å². The lowest BCUT2D eigenvalue weighted by molar-refractivity contribution is -0.116. The first-order valence-electron chi connectivity index (χ1n) is 8.89. The van der Waals surface area contributed by atoms with Gasteiger partial charge in [-0.2, -0.15) is 0 Å². The monoisotopic (exact) mass is 388 g/mol. The molecule has 0 bridgehead atoms. The maximum atomic E-state index is 12.5. The summed E-state index contributed by atoms with van der Waals surface area (Å²) in [6.45, 7) is 0. The molecule has 0 unspecified atom stereocenters. The van der Waals surface area contributed by atoms with Crippen LogP contribution in [-0.2, 0) is 22.4 Å². The maximum absolute atomic E-state index is 12.5. The van der Waals surface area contributed by atoms with Gasteiger partial charge in [0.15, 0.2) is 5.13 Å². The van der Waals surface area contributed by atoms with Crippen LogP contribution in [0.4, 0.5) is 10.8 Å². The van der Waals surface area contributed by atoms with E-state index >= 15 is 0 Å². The molecule has 0 aliphatic carbocycles. The van der Waals surface area contributed by atoms with Crippen molar-refractivity contribution in [3.8, 4) is 11.3 Å². The van der Waals surface area contributed by atoms with Gasteiger partial charge in [0.1, 0.15) is 0 Å². The SMILES string of the molecule is O=C(Cc1c[nH]c2ccccc12)Nc1nc(-c2ccc3c(c2)CC(=O)N3)cs1. The van der Waals surface area contributed by atoms with E-state index in [1.807, 2.05) is 54.0 Å². The Bertz CT molecular complexity index is 1220. The van der Waals surface area contributed by atoms with Gasteiger partial charge in [-0.05, 0) is 29.3 Å². The quantitative estimate of drug-likeness (QED) is 0.494. The standard InChI is InChI=1S/C21H16N4O2S/c26-19-8-13-7-12(5-6-16(13)23-19)18-11-28-21(24-18)25-20(27)9-14-10-22-17-4-2-1-3-15(14)17/h1-7,10-11,22H,8-9H2,(H,23,26)(H,24,25,27). The highest BCUT2D eigenvalue weighted by atomic mass is 32.1. The summed E-state index contributed by atoms with van der Waals surface area (Å²) in [5.41, 5.74) is 5.53. The van der Waals surface area contributed by atoms with Crippen LogP contribution in [0.3, 0.4) is 0 Å². The Morgan fingerprint density at radius 2 is 2.11 bits per heavy atom. The second kappa shape index (κ2) is 6.61. The molecule has 1 aliphatic heterocycles. The number of thiazole rings is 1. The Hall–Kier alpha value is -3.45. The van der Waals surface area contributed by atoms with Crippen LogP contribution in [0, 0.1) is 0 Å². The zero-order valence-corrected chi connectivity index (χ0v) is 15.6. The van der Waals surface area contributed by atoms with Gasteiger partial charge in [0.05, 0.1) is 18.5 Å². The lowest BCUT2D eigenvalue weighted by Gasteiger charge is -2.02. The van der Waals surface area contributed by atoms with Crippen LogP contribution in [0.25, 0.3) is 22.2 Å². The number of amides is 2. The average molecular weight is 388 g/mol. The van der Waals surface area contributed by atoms with Crippen LogP contribution >= 0.6 is 11.3 Å². The minimum absolute atomic E-state index is 0.00987. The number of H-pyrrole nitrogens is 1. The van der Waals surface area contributed by atoms with Crippen LogP contribution in [0.2, 0.25) is 0 Å². The second-order valence-electron chi connectivity index (χ2n) is 6.72. The summed E-state index contributed by atoms with van der Waals surface area (Å²) in [4.78, 5) is 31.7. The van der Waals surface area contributed by atoms with Gasteiger partial charge in [0, 0.05) is 33.7 Å². The number of carbonyl (C=O) groups excluding carboxylic acids is 2. The highest BCUT2D eigenvalue weighted by Gasteiger charge is 2.18. The maximum Gasteiger partial charge on any atom is 0.230 e. The summed E-state index contributed by atoms with van der Waals surface area (Å²) in [5.74, 6) is -0.0925. The molecule has 28 heavy (non-hydrogen) atoms. The molecule has 3 N–H and O–H groups in total. The van der Waals surface area contributed by atoms with Gasteiger partial charge >= 0.3 is 0 Å². The summed E-state index contributed by atoms with van der Waals surface area (Å²) in [5, 5.41) is 9.24. The Balaban J connectivity index is 1.31. The van der Waals surface area contributed by atoms with Crippen molar-refractivity contribution in [1.82, 2.24) is 9.97 Å². The average Bonchev–Trinajstić information content (AvgIpc) is 3.39. The number of nitrogens with one attached hydrogen (secondary N) is 3. The Labute approximate surface area is 164 Å². The van der Waals surface area contributed by atoms with E-state index in [0.29, 0.717) is 11.6 Å². The Morgan fingerprint density at radius 1 is 1.21 bits per heavy atom. The molecule has 0 saturated carbocycles. The number of anilines is 2. The molecule has 4 aromatic rings. The van der Waals surface area contributed by atoms with E-state index in [4.69, 9.17) is 0 Å². The van der Waals surface area contributed by atoms with E-state index in [1.165, 1.54) is 11.3 Å². The largest absolute Gasteiger partial charge is 0.361 e. The highest BCUT2D eigenvalue weighted by Crippen LogP contribution is 2.31. The number of para-hydroxylation sites is 1. The van der Waals surface area contributed by atoms with E-state index < -0.39 is 0 Å². The molecule has 0 atom stereocenters. The van der Waals surface area contributed by atoms with Crippen molar-refractivity contribution >= 4 is 44.9 Å². The number of fused-ring (bicyclic) bond motifs is 2. The number of hydrogen-bond donors (Lipinski definition) is 3. The Morgan fingerprint density at radius 3 is 3.04 bits per heavy atom. The summed E-state index contributed by atoms with van der Waals surface area (Å²) in [6.07, 6.45) is 2.55. The van der Waals surface area contributed by atoms with Crippen molar-refractivity contribution in [2.45, 2.75) is 12.8 Å². The van der Waals surface area contributed by atoms with E-state index in [-0.39, 0.29) is 18.2 Å². The smallest absolute Gasteiger partial charge is 0.230 e. The fourth-order valence-electron chi connectivity index (χ4n) is 3.47. The third kappa shape index (κ3) is 3.05. The fraction of sp³-hybridized carbons (Fsp3) is 0.0952. The molecular formula is C21H16N4O2S. The number of rotatable bonds is 4. The first-order valence-corrected chi connectivity index (χ1v) is 9.77. The molecule has 2 aromatic carbocycles. The van der Waals surface area contributed by atoms with E-state index in [0.717, 1.165) is 39.0 Å². The highest BCUT2D eigenvalue weighted by molar-refractivity contribution is 7.14. The third-order valence-electron chi connectivity index (χ3n) is 4.80. The zero-order valence-electron chi connectivity index (χ0n) is 14.8. The first kappa shape index (κ1) is 16.7. The molecule has 0 saturated heterocycles. The van der Waals surface area contributed by atoms with Gasteiger partial charge < -0.3 is 15.6 Å². The molecule has 7 heteroatoms. The fourth-order valence-corrected chi connectivity index (χ4v) is 4.20. The van der Waals surface area contributed by atoms with Crippen LogP contribution in [0.15, 0.2) is 54.0 Å². The predicted molar refractivity (Wildman–Crippen MR) is 111 cm³/mol. The normalized spacial score (nSPS) is 12.8. The lowest BCUT2D eigenvalue weighted by atomic mass is 10.1. The van der Waals surface area contributed by atoms with E-state index in [1.54, 1.807) is 0 Å². The van der Waals surface area contributed by atoms with E-state index in [9.17, 15) is 9.59 Å². The lowest BCUT2D eigenvalue weighted by Crippen LogP contribution is -2.14. The number of nitrogens with zero attached hydrogens (tertiary/aromatic N) is 1. The molecule has 6 nitrogen and oxygen atoms in total. The predicted octanol–water partition coefficient (Wildman–Crippen LogP) is 3.97. The van der Waals surface area contributed by atoms with Gasteiger partial charge in [-0.1, -0.05) is 24.3 Å². The first-order chi connectivity index (χ1) is 13.7. The number of aromatic amines is 1. The van der Waals surface area contributed by atoms with Crippen LogP contribution < -0.4 is 10.6 Å². The topological polar surface area (TPSA) is 86.9 Å². The van der Waals surface area contributed by atoms with Crippen LogP contribution in [-0.4, -0.2) is 21.8 Å². The molecule has 0 spiro atoms. The molecule has 138 valence electrons. The van der Waals surface area contributed by atoms with Gasteiger partial charge in [0.2, 0.25) is 11.8 Å². The number of carbonyl (C=O) groups is 2. The number of hydrogen-bond acceptors (Lipinski definition) is 4. The van der Waals surface area contributed by atoms with Crippen molar-refractivity contribution in [1.29, 1.82) is 0 Å². The second-order valence-corrected chi connectivity index (χ2v) is 7.58. The molecule has 0 radical (unpaired) electrons. The van der Waals surface area contributed by atoms with Crippen molar-refractivity contribution in [2.24, 2.45) is 0 Å². The molecule has 3 heterocycles. The molecule has 0 fully saturated rings. The van der Waals surface area contributed by atoms with Crippen LogP contribution in [0.1, 0.15) is 11.1 Å². The number of benzene rings is 2. The molecule has 2 aromatic heterocycles. The number of aromatic nitrogens is 2. The van der Waals surface area contributed by atoms with E-state index in [2.05, 4.69) is 20.6 Å². The van der Waals surface area contributed by atoms with Gasteiger partial charge in [0.25, 0.3) is 0 Å². The van der Waals surface area contributed by atoms with Crippen molar-refractivity contribution in [3.63, 3.8) is 0 Å².